The number of aliphatic hydroxyl groups excluding tert-OH is 4. The van der Waals surface area contributed by atoms with E-state index in [1.54, 1.807) is 0 Å². The third-order valence-electron chi connectivity index (χ3n) is 2.85. The third-order valence-corrected chi connectivity index (χ3v) is 2.85. The molecule has 1 saturated heterocycles. The minimum absolute atomic E-state index is 0.0116. The van der Waals surface area contributed by atoms with Gasteiger partial charge in [-0.3, -0.25) is 0 Å². The van der Waals surface area contributed by atoms with Gasteiger partial charge in [-0.2, -0.15) is 0 Å². The first-order valence-corrected chi connectivity index (χ1v) is 6.69. The first-order chi connectivity index (χ1) is 9.69. The molecule has 0 aliphatic carbocycles. The highest BCUT2D eigenvalue weighted by Crippen LogP contribution is 2.20. The standard InChI is InChI=1S/C12H24O8/c13-1-2-17-3-4-18-5-6-19-11-7-9(15)12(16)10(8-14)20-11/h9-16H,1-8H2/t9-,10-,11-,12?/m1/s1. The number of aliphatic hydroxyl groups is 4. The van der Waals surface area contributed by atoms with Gasteiger partial charge in [0.15, 0.2) is 6.29 Å². The van der Waals surface area contributed by atoms with Crippen LogP contribution in [-0.2, 0) is 18.9 Å². The van der Waals surface area contributed by atoms with Gasteiger partial charge in [0.05, 0.1) is 52.4 Å². The van der Waals surface area contributed by atoms with Crippen LogP contribution in [0, 0.1) is 0 Å². The summed E-state index contributed by atoms with van der Waals surface area (Å²) in [6.45, 7) is 1.31. The Morgan fingerprint density at radius 1 is 0.950 bits per heavy atom. The minimum Gasteiger partial charge on any atom is -0.394 e. The number of rotatable bonds is 10. The van der Waals surface area contributed by atoms with Gasteiger partial charge in [0, 0.05) is 6.42 Å². The van der Waals surface area contributed by atoms with Gasteiger partial charge in [-0.05, 0) is 0 Å². The van der Waals surface area contributed by atoms with Crippen LogP contribution in [-0.4, -0.2) is 91.3 Å². The molecule has 8 heteroatoms. The molecular weight excluding hydrogens is 272 g/mol. The third kappa shape index (κ3) is 6.42. The fraction of sp³-hybridized carbons (Fsp3) is 1.00. The van der Waals surface area contributed by atoms with Crippen molar-refractivity contribution in [2.75, 3.05) is 46.2 Å². The topological polar surface area (TPSA) is 118 Å². The molecule has 0 bridgehead atoms. The zero-order valence-corrected chi connectivity index (χ0v) is 11.4. The van der Waals surface area contributed by atoms with Gasteiger partial charge in [-0.1, -0.05) is 0 Å². The number of ether oxygens (including phenoxy) is 4. The Morgan fingerprint density at radius 2 is 1.60 bits per heavy atom. The van der Waals surface area contributed by atoms with Crippen molar-refractivity contribution < 1.29 is 39.4 Å². The van der Waals surface area contributed by atoms with Crippen molar-refractivity contribution in [1.29, 1.82) is 0 Å². The molecule has 1 aliphatic rings. The van der Waals surface area contributed by atoms with E-state index in [-0.39, 0.29) is 26.2 Å². The van der Waals surface area contributed by atoms with Crippen LogP contribution >= 0.6 is 0 Å². The Morgan fingerprint density at radius 3 is 2.25 bits per heavy atom. The maximum atomic E-state index is 9.58. The second-order valence-electron chi connectivity index (χ2n) is 4.40. The van der Waals surface area contributed by atoms with Crippen LogP contribution in [0.3, 0.4) is 0 Å². The van der Waals surface area contributed by atoms with E-state index < -0.39 is 24.6 Å². The molecule has 1 rings (SSSR count). The minimum atomic E-state index is -1.10. The molecule has 1 heterocycles. The van der Waals surface area contributed by atoms with Gasteiger partial charge >= 0.3 is 0 Å². The maximum absolute atomic E-state index is 9.58. The lowest BCUT2D eigenvalue weighted by Crippen LogP contribution is -2.50. The Bertz CT molecular complexity index is 239. The Kier molecular flexibility index (Phi) is 9.23. The first kappa shape index (κ1) is 17.7. The van der Waals surface area contributed by atoms with Gasteiger partial charge in [-0.25, -0.2) is 0 Å². The summed E-state index contributed by atoms with van der Waals surface area (Å²) >= 11 is 0. The van der Waals surface area contributed by atoms with Crippen LogP contribution in [0.5, 0.6) is 0 Å². The zero-order chi connectivity index (χ0) is 14.8. The van der Waals surface area contributed by atoms with Crippen molar-refractivity contribution in [2.45, 2.75) is 31.0 Å². The average Bonchev–Trinajstić information content (AvgIpc) is 2.45. The zero-order valence-electron chi connectivity index (χ0n) is 11.4. The van der Waals surface area contributed by atoms with Gasteiger partial charge < -0.3 is 39.4 Å². The van der Waals surface area contributed by atoms with E-state index >= 15 is 0 Å². The van der Waals surface area contributed by atoms with Crippen molar-refractivity contribution in [1.82, 2.24) is 0 Å². The summed E-state index contributed by atoms with van der Waals surface area (Å²) in [6, 6.07) is 0. The van der Waals surface area contributed by atoms with E-state index in [2.05, 4.69) is 0 Å². The Hall–Kier alpha value is -0.320. The quantitative estimate of drug-likeness (QED) is 0.337. The highest BCUT2D eigenvalue weighted by molar-refractivity contribution is 4.82. The van der Waals surface area contributed by atoms with Crippen molar-refractivity contribution in [3.63, 3.8) is 0 Å². The summed E-state index contributed by atoms with van der Waals surface area (Å²) in [7, 11) is 0. The molecule has 1 unspecified atom stereocenters. The molecule has 0 aromatic rings. The molecule has 0 aromatic heterocycles. The predicted molar refractivity (Wildman–Crippen MR) is 67.1 cm³/mol. The average molecular weight is 296 g/mol. The van der Waals surface area contributed by atoms with E-state index in [0.29, 0.717) is 26.4 Å². The fourth-order valence-corrected chi connectivity index (χ4v) is 1.80. The summed E-state index contributed by atoms with van der Waals surface area (Å²) in [5, 5.41) is 36.6. The van der Waals surface area contributed by atoms with Crippen molar-refractivity contribution in [3.8, 4) is 0 Å². The second-order valence-corrected chi connectivity index (χ2v) is 4.40. The molecule has 8 nitrogen and oxygen atoms in total. The molecule has 4 atom stereocenters. The highest BCUT2D eigenvalue weighted by Gasteiger charge is 2.36. The Balaban J connectivity index is 2.04. The van der Waals surface area contributed by atoms with E-state index in [9.17, 15) is 10.2 Å². The lowest BCUT2D eigenvalue weighted by molar-refractivity contribution is -0.259. The van der Waals surface area contributed by atoms with Crippen LogP contribution in [0.4, 0.5) is 0 Å². The molecular formula is C12H24O8. The molecule has 20 heavy (non-hydrogen) atoms. The predicted octanol–water partition coefficient (Wildman–Crippen LogP) is -2.14. The SMILES string of the molecule is OCCOCCOCCO[C@H]1C[C@@H](O)C(O)[C@@H](CO)O1. The highest BCUT2D eigenvalue weighted by atomic mass is 16.7. The van der Waals surface area contributed by atoms with Gasteiger partial charge in [0.25, 0.3) is 0 Å². The summed E-state index contributed by atoms with van der Waals surface area (Å²) in [6.07, 6.45) is -3.42. The second kappa shape index (κ2) is 10.4. The number of hydrogen-bond acceptors (Lipinski definition) is 8. The summed E-state index contributed by atoms with van der Waals surface area (Å²) in [5.41, 5.74) is 0. The molecule has 0 aromatic carbocycles. The van der Waals surface area contributed by atoms with E-state index in [1.807, 2.05) is 0 Å². The molecule has 0 radical (unpaired) electrons. The van der Waals surface area contributed by atoms with Gasteiger partial charge in [0.1, 0.15) is 12.2 Å². The molecule has 0 spiro atoms. The largest absolute Gasteiger partial charge is 0.394 e. The summed E-state index contributed by atoms with van der Waals surface area (Å²) in [4.78, 5) is 0. The lowest BCUT2D eigenvalue weighted by atomic mass is 10.0. The molecule has 0 amide bonds. The molecule has 4 N–H and O–H groups in total. The van der Waals surface area contributed by atoms with E-state index in [1.165, 1.54) is 0 Å². The molecule has 120 valence electrons. The normalized spacial score (nSPS) is 30.6. The maximum Gasteiger partial charge on any atom is 0.160 e. The van der Waals surface area contributed by atoms with E-state index in [0.717, 1.165) is 0 Å². The molecule has 1 fully saturated rings. The van der Waals surface area contributed by atoms with Crippen molar-refractivity contribution >= 4 is 0 Å². The summed E-state index contributed by atoms with van der Waals surface area (Å²) < 4.78 is 20.9. The fourth-order valence-electron chi connectivity index (χ4n) is 1.80. The first-order valence-electron chi connectivity index (χ1n) is 6.69. The smallest absolute Gasteiger partial charge is 0.160 e. The molecule has 1 aliphatic heterocycles. The van der Waals surface area contributed by atoms with Crippen LogP contribution in [0.25, 0.3) is 0 Å². The summed E-state index contributed by atoms with van der Waals surface area (Å²) in [5.74, 6) is 0. The van der Waals surface area contributed by atoms with Gasteiger partial charge in [-0.15, -0.1) is 0 Å². The van der Waals surface area contributed by atoms with E-state index in [4.69, 9.17) is 29.2 Å². The van der Waals surface area contributed by atoms with Crippen LogP contribution in [0.1, 0.15) is 6.42 Å². The van der Waals surface area contributed by atoms with Crippen LogP contribution < -0.4 is 0 Å². The van der Waals surface area contributed by atoms with Crippen LogP contribution in [0.2, 0.25) is 0 Å². The lowest BCUT2D eigenvalue weighted by Gasteiger charge is -2.35. The number of hydrogen-bond donors (Lipinski definition) is 4. The van der Waals surface area contributed by atoms with Crippen molar-refractivity contribution in [3.05, 3.63) is 0 Å². The monoisotopic (exact) mass is 296 g/mol. The van der Waals surface area contributed by atoms with Crippen LogP contribution in [0.15, 0.2) is 0 Å². The Labute approximate surface area is 117 Å². The van der Waals surface area contributed by atoms with Gasteiger partial charge in [0.2, 0.25) is 0 Å². The van der Waals surface area contributed by atoms with Crippen molar-refractivity contribution in [2.24, 2.45) is 0 Å². The molecule has 0 saturated carbocycles.